The van der Waals surface area contributed by atoms with E-state index in [4.69, 9.17) is 21.1 Å². The van der Waals surface area contributed by atoms with E-state index in [0.717, 1.165) is 6.42 Å². The second-order valence-electron chi connectivity index (χ2n) is 3.66. The minimum Gasteiger partial charge on any atom is -0.495 e. The molecule has 100 valence electrons. The fraction of sp³-hybridized carbons (Fsp3) is 0.462. The van der Waals surface area contributed by atoms with Crippen molar-refractivity contribution in [2.75, 3.05) is 26.9 Å². The Labute approximate surface area is 112 Å². The molecule has 0 fully saturated rings. The molecule has 0 saturated carbocycles. The number of hydrogen-bond donors (Lipinski definition) is 1. The zero-order chi connectivity index (χ0) is 13.4. The van der Waals surface area contributed by atoms with Gasteiger partial charge in [0, 0.05) is 25.3 Å². The molecular weight excluding hydrogens is 254 g/mol. The number of carbonyl (C=O) groups excluding carboxylic acids is 1. The summed E-state index contributed by atoms with van der Waals surface area (Å²) in [4.78, 5) is 11.8. The summed E-state index contributed by atoms with van der Waals surface area (Å²) in [5.41, 5.74) is 0.525. The molecule has 5 heteroatoms. The Morgan fingerprint density at radius 2 is 2.22 bits per heavy atom. The monoisotopic (exact) mass is 271 g/mol. The molecule has 4 nitrogen and oxygen atoms in total. The van der Waals surface area contributed by atoms with E-state index in [1.54, 1.807) is 18.2 Å². The first kappa shape index (κ1) is 14.8. The summed E-state index contributed by atoms with van der Waals surface area (Å²) >= 11 is 5.95. The van der Waals surface area contributed by atoms with Gasteiger partial charge in [0.2, 0.25) is 0 Å². The highest BCUT2D eigenvalue weighted by Gasteiger charge is 2.08. The van der Waals surface area contributed by atoms with Crippen molar-refractivity contribution in [3.63, 3.8) is 0 Å². The smallest absolute Gasteiger partial charge is 0.251 e. The van der Waals surface area contributed by atoms with Gasteiger partial charge in [0.1, 0.15) is 5.75 Å². The maximum atomic E-state index is 11.8. The first-order valence-corrected chi connectivity index (χ1v) is 6.26. The molecular formula is C13H18ClNO3. The lowest BCUT2D eigenvalue weighted by atomic mass is 10.2. The van der Waals surface area contributed by atoms with E-state index in [9.17, 15) is 4.79 Å². The third-order valence-corrected chi connectivity index (χ3v) is 2.66. The molecule has 0 atom stereocenters. The van der Waals surface area contributed by atoms with Gasteiger partial charge < -0.3 is 14.8 Å². The van der Waals surface area contributed by atoms with Crippen LogP contribution < -0.4 is 10.1 Å². The van der Waals surface area contributed by atoms with Crippen LogP contribution in [0.25, 0.3) is 0 Å². The van der Waals surface area contributed by atoms with Gasteiger partial charge >= 0.3 is 0 Å². The van der Waals surface area contributed by atoms with Gasteiger partial charge in [-0.05, 0) is 31.5 Å². The maximum absolute atomic E-state index is 11.8. The lowest BCUT2D eigenvalue weighted by Crippen LogP contribution is -2.25. The molecule has 1 aromatic carbocycles. The van der Waals surface area contributed by atoms with Crippen LogP contribution in [0.2, 0.25) is 5.02 Å². The van der Waals surface area contributed by atoms with Crippen molar-refractivity contribution in [2.45, 2.75) is 13.3 Å². The Balaban J connectivity index is 2.44. The SMILES string of the molecule is CCOCCCNC(=O)c1ccc(OC)c(Cl)c1. The van der Waals surface area contributed by atoms with Crippen molar-refractivity contribution in [2.24, 2.45) is 0 Å². The van der Waals surface area contributed by atoms with Crippen molar-refractivity contribution in [3.8, 4) is 5.75 Å². The molecule has 0 aliphatic rings. The normalized spacial score (nSPS) is 10.2. The summed E-state index contributed by atoms with van der Waals surface area (Å²) in [7, 11) is 1.54. The van der Waals surface area contributed by atoms with Crippen molar-refractivity contribution in [3.05, 3.63) is 28.8 Å². The Morgan fingerprint density at radius 1 is 1.44 bits per heavy atom. The molecule has 1 rings (SSSR count). The fourth-order valence-corrected chi connectivity index (χ4v) is 1.69. The minimum atomic E-state index is -0.143. The number of amides is 1. The predicted molar refractivity (Wildman–Crippen MR) is 71.4 cm³/mol. The summed E-state index contributed by atoms with van der Waals surface area (Å²) < 4.78 is 10.2. The highest BCUT2D eigenvalue weighted by molar-refractivity contribution is 6.32. The number of hydrogen-bond acceptors (Lipinski definition) is 3. The largest absolute Gasteiger partial charge is 0.495 e. The Bertz CT molecular complexity index is 396. The highest BCUT2D eigenvalue weighted by Crippen LogP contribution is 2.24. The Hall–Kier alpha value is -1.26. The Kier molecular flexibility index (Phi) is 6.54. The molecule has 18 heavy (non-hydrogen) atoms. The van der Waals surface area contributed by atoms with Crippen LogP contribution in [0.15, 0.2) is 18.2 Å². The summed E-state index contributed by atoms with van der Waals surface area (Å²) in [6.07, 6.45) is 0.795. The average molecular weight is 272 g/mol. The van der Waals surface area contributed by atoms with Crippen molar-refractivity contribution in [1.82, 2.24) is 5.32 Å². The quantitative estimate of drug-likeness (QED) is 0.775. The van der Waals surface area contributed by atoms with Crippen molar-refractivity contribution >= 4 is 17.5 Å². The number of rotatable bonds is 7. The first-order chi connectivity index (χ1) is 8.69. The van der Waals surface area contributed by atoms with Gasteiger partial charge in [-0.3, -0.25) is 4.79 Å². The van der Waals surface area contributed by atoms with E-state index in [-0.39, 0.29) is 5.91 Å². The second-order valence-corrected chi connectivity index (χ2v) is 4.06. The number of nitrogens with one attached hydrogen (secondary N) is 1. The van der Waals surface area contributed by atoms with Crippen LogP contribution in [0.5, 0.6) is 5.75 Å². The van der Waals surface area contributed by atoms with E-state index in [1.807, 2.05) is 6.92 Å². The molecule has 0 aliphatic carbocycles. The Morgan fingerprint density at radius 3 is 2.83 bits per heavy atom. The molecule has 0 radical (unpaired) electrons. The molecule has 0 spiro atoms. The lowest BCUT2D eigenvalue weighted by Gasteiger charge is -2.07. The van der Waals surface area contributed by atoms with Gasteiger partial charge in [0.05, 0.1) is 12.1 Å². The standard InChI is InChI=1S/C13H18ClNO3/c1-3-18-8-4-7-15-13(16)10-5-6-12(17-2)11(14)9-10/h5-6,9H,3-4,7-8H2,1-2H3,(H,15,16). The van der Waals surface area contributed by atoms with E-state index in [1.165, 1.54) is 7.11 Å². The van der Waals surface area contributed by atoms with Crippen molar-refractivity contribution in [1.29, 1.82) is 0 Å². The second kappa shape index (κ2) is 7.95. The topological polar surface area (TPSA) is 47.6 Å². The zero-order valence-electron chi connectivity index (χ0n) is 10.7. The van der Waals surface area contributed by atoms with Gasteiger partial charge in [-0.2, -0.15) is 0 Å². The molecule has 1 N–H and O–H groups in total. The first-order valence-electron chi connectivity index (χ1n) is 5.88. The van der Waals surface area contributed by atoms with Gasteiger partial charge in [-0.15, -0.1) is 0 Å². The zero-order valence-corrected chi connectivity index (χ0v) is 11.4. The van der Waals surface area contributed by atoms with Crippen LogP contribution in [-0.2, 0) is 4.74 Å². The van der Waals surface area contributed by atoms with Gasteiger partial charge in [-0.1, -0.05) is 11.6 Å². The minimum absolute atomic E-state index is 0.143. The molecule has 1 amide bonds. The molecule has 0 aromatic heterocycles. The molecule has 0 unspecified atom stereocenters. The number of methoxy groups -OCH3 is 1. The van der Waals surface area contributed by atoms with Crippen LogP contribution in [0.3, 0.4) is 0 Å². The molecule has 0 saturated heterocycles. The molecule has 0 bridgehead atoms. The van der Waals surface area contributed by atoms with E-state index in [0.29, 0.717) is 36.1 Å². The summed E-state index contributed by atoms with van der Waals surface area (Å²) in [6.45, 7) is 3.88. The van der Waals surface area contributed by atoms with Crippen LogP contribution in [-0.4, -0.2) is 32.8 Å². The van der Waals surface area contributed by atoms with Gasteiger partial charge in [-0.25, -0.2) is 0 Å². The number of carbonyl (C=O) groups is 1. The molecule has 0 aliphatic heterocycles. The highest BCUT2D eigenvalue weighted by atomic mass is 35.5. The van der Waals surface area contributed by atoms with Crippen LogP contribution in [0, 0.1) is 0 Å². The van der Waals surface area contributed by atoms with Gasteiger partial charge in [0.15, 0.2) is 0 Å². The number of benzene rings is 1. The lowest BCUT2D eigenvalue weighted by molar-refractivity contribution is 0.0944. The fourth-order valence-electron chi connectivity index (χ4n) is 1.43. The van der Waals surface area contributed by atoms with Crippen LogP contribution in [0.4, 0.5) is 0 Å². The summed E-state index contributed by atoms with van der Waals surface area (Å²) in [5, 5.41) is 3.23. The van der Waals surface area contributed by atoms with E-state index < -0.39 is 0 Å². The van der Waals surface area contributed by atoms with E-state index >= 15 is 0 Å². The molecule has 1 aromatic rings. The van der Waals surface area contributed by atoms with Crippen molar-refractivity contribution < 1.29 is 14.3 Å². The number of halogens is 1. The maximum Gasteiger partial charge on any atom is 0.251 e. The predicted octanol–water partition coefficient (Wildman–Crippen LogP) is 2.51. The van der Waals surface area contributed by atoms with E-state index in [2.05, 4.69) is 5.32 Å². The number of ether oxygens (including phenoxy) is 2. The third-order valence-electron chi connectivity index (χ3n) is 2.37. The average Bonchev–Trinajstić information content (AvgIpc) is 2.38. The summed E-state index contributed by atoms with van der Waals surface area (Å²) in [5.74, 6) is 0.417. The molecule has 0 heterocycles. The van der Waals surface area contributed by atoms with Crippen LogP contribution in [0.1, 0.15) is 23.7 Å². The third kappa shape index (κ3) is 4.55. The van der Waals surface area contributed by atoms with Crippen LogP contribution >= 0.6 is 11.6 Å². The summed E-state index contributed by atoms with van der Waals surface area (Å²) in [6, 6.07) is 4.96. The van der Waals surface area contributed by atoms with Gasteiger partial charge in [0.25, 0.3) is 5.91 Å².